The molecule has 1 aromatic heterocycles. The molecule has 2 aromatic rings. The number of ether oxygens (including phenoxy) is 2. The number of piperazine rings is 1. The molecule has 1 N–H and O–H groups in total. The van der Waals surface area contributed by atoms with Gasteiger partial charge in [0, 0.05) is 50.2 Å². The van der Waals surface area contributed by atoms with Crippen LogP contribution in [0.15, 0.2) is 36.7 Å². The molecule has 0 unspecified atom stereocenters. The van der Waals surface area contributed by atoms with Gasteiger partial charge < -0.3 is 24.3 Å². The van der Waals surface area contributed by atoms with E-state index in [9.17, 15) is 9.59 Å². The van der Waals surface area contributed by atoms with E-state index in [-0.39, 0.29) is 18.2 Å². The van der Waals surface area contributed by atoms with Crippen LogP contribution in [0, 0.1) is 0 Å². The molecular weight excluding hydrogens is 334 g/mol. The molecule has 0 bridgehead atoms. The molecule has 1 aliphatic heterocycles. The van der Waals surface area contributed by atoms with E-state index in [0.717, 1.165) is 5.56 Å². The van der Waals surface area contributed by atoms with Crippen LogP contribution in [0.5, 0.6) is 11.5 Å². The second-order valence-electron chi connectivity index (χ2n) is 6.13. The van der Waals surface area contributed by atoms with Crippen LogP contribution in [0.2, 0.25) is 0 Å². The molecule has 1 saturated heterocycles. The van der Waals surface area contributed by atoms with Crippen molar-refractivity contribution in [2.75, 3.05) is 40.4 Å². The lowest BCUT2D eigenvalue weighted by molar-refractivity contribution is -0.131. The number of nitrogens with zero attached hydrogens (tertiary/aromatic N) is 2. The number of nitrogens with one attached hydrogen (secondary N) is 1. The summed E-state index contributed by atoms with van der Waals surface area (Å²) in [6.45, 7) is 2.14. The number of methoxy groups -OCH3 is 2. The zero-order valence-electron chi connectivity index (χ0n) is 15.0. The molecule has 0 radical (unpaired) electrons. The van der Waals surface area contributed by atoms with Crippen LogP contribution < -0.4 is 9.47 Å². The Morgan fingerprint density at radius 1 is 1.04 bits per heavy atom. The highest BCUT2D eigenvalue weighted by atomic mass is 16.5. The second-order valence-corrected chi connectivity index (χ2v) is 6.13. The van der Waals surface area contributed by atoms with Crippen LogP contribution in [-0.4, -0.2) is 67.0 Å². The number of aromatic nitrogens is 1. The van der Waals surface area contributed by atoms with Gasteiger partial charge in [-0.05, 0) is 12.1 Å². The Labute approximate surface area is 152 Å². The van der Waals surface area contributed by atoms with Crippen molar-refractivity contribution in [3.05, 3.63) is 47.8 Å². The molecule has 7 heteroatoms. The predicted molar refractivity (Wildman–Crippen MR) is 96.5 cm³/mol. The highest BCUT2D eigenvalue weighted by molar-refractivity contribution is 5.94. The average molecular weight is 357 g/mol. The summed E-state index contributed by atoms with van der Waals surface area (Å²) in [6.07, 6.45) is 3.68. The zero-order valence-corrected chi connectivity index (χ0v) is 15.0. The van der Waals surface area contributed by atoms with Gasteiger partial charge in [0.1, 0.15) is 11.5 Å². The Morgan fingerprint density at radius 2 is 1.77 bits per heavy atom. The lowest BCUT2D eigenvalue weighted by atomic mass is 10.1. The summed E-state index contributed by atoms with van der Waals surface area (Å²) >= 11 is 0. The first-order chi connectivity index (χ1) is 12.6. The summed E-state index contributed by atoms with van der Waals surface area (Å²) in [5.74, 6) is 1.35. The van der Waals surface area contributed by atoms with Crippen LogP contribution in [0.4, 0.5) is 0 Å². The first-order valence-electron chi connectivity index (χ1n) is 8.53. The number of benzene rings is 1. The summed E-state index contributed by atoms with van der Waals surface area (Å²) in [5.41, 5.74) is 1.47. The Kier molecular flexibility index (Phi) is 5.46. The van der Waals surface area contributed by atoms with E-state index < -0.39 is 0 Å². The van der Waals surface area contributed by atoms with Gasteiger partial charge in [-0.15, -0.1) is 0 Å². The molecule has 0 atom stereocenters. The molecule has 0 saturated carbocycles. The van der Waals surface area contributed by atoms with Crippen LogP contribution in [0.1, 0.15) is 15.9 Å². The highest BCUT2D eigenvalue weighted by Crippen LogP contribution is 2.25. The van der Waals surface area contributed by atoms with E-state index >= 15 is 0 Å². The normalized spacial score (nSPS) is 14.2. The maximum atomic E-state index is 12.6. The van der Waals surface area contributed by atoms with E-state index in [4.69, 9.17) is 9.47 Å². The second kappa shape index (κ2) is 7.95. The van der Waals surface area contributed by atoms with Gasteiger partial charge >= 0.3 is 0 Å². The van der Waals surface area contributed by atoms with Crippen LogP contribution >= 0.6 is 0 Å². The van der Waals surface area contributed by atoms with Gasteiger partial charge in [-0.25, -0.2) is 0 Å². The first-order valence-corrected chi connectivity index (χ1v) is 8.53. The fraction of sp³-hybridized carbons (Fsp3) is 0.368. The fourth-order valence-electron chi connectivity index (χ4n) is 3.07. The minimum atomic E-state index is -0.00447. The quantitative estimate of drug-likeness (QED) is 0.881. The number of rotatable bonds is 5. The Morgan fingerprint density at radius 3 is 2.38 bits per heavy atom. The number of hydrogen-bond acceptors (Lipinski definition) is 4. The molecule has 3 rings (SSSR count). The zero-order chi connectivity index (χ0) is 18.5. The maximum absolute atomic E-state index is 12.6. The molecule has 1 aliphatic rings. The molecular formula is C19H23N3O4. The van der Waals surface area contributed by atoms with E-state index in [2.05, 4.69) is 4.98 Å². The van der Waals surface area contributed by atoms with Gasteiger partial charge in [-0.1, -0.05) is 6.07 Å². The molecule has 26 heavy (non-hydrogen) atoms. The van der Waals surface area contributed by atoms with E-state index in [0.29, 0.717) is 43.2 Å². The monoisotopic (exact) mass is 357 g/mol. The number of carbonyl (C=O) groups is 2. The molecule has 7 nitrogen and oxygen atoms in total. The van der Waals surface area contributed by atoms with Gasteiger partial charge in [0.25, 0.3) is 5.91 Å². The summed E-state index contributed by atoms with van der Waals surface area (Å²) in [5, 5.41) is 0. The third-order valence-corrected chi connectivity index (χ3v) is 4.60. The van der Waals surface area contributed by atoms with Crippen molar-refractivity contribution in [1.82, 2.24) is 14.8 Å². The molecule has 2 amide bonds. The molecule has 0 aliphatic carbocycles. The highest BCUT2D eigenvalue weighted by Gasteiger charge is 2.25. The fourth-order valence-corrected chi connectivity index (χ4v) is 3.07. The number of amides is 2. The lowest BCUT2D eigenvalue weighted by Crippen LogP contribution is -2.50. The van der Waals surface area contributed by atoms with E-state index in [1.54, 1.807) is 48.5 Å². The van der Waals surface area contributed by atoms with Crippen molar-refractivity contribution in [3.8, 4) is 11.5 Å². The molecule has 138 valence electrons. The van der Waals surface area contributed by atoms with Crippen molar-refractivity contribution < 1.29 is 19.1 Å². The van der Waals surface area contributed by atoms with Gasteiger partial charge in [-0.2, -0.15) is 0 Å². The summed E-state index contributed by atoms with van der Waals surface area (Å²) in [7, 11) is 3.17. The average Bonchev–Trinajstić information content (AvgIpc) is 3.22. The summed E-state index contributed by atoms with van der Waals surface area (Å²) in [6, 6.07) is 7.20. The largest absolute Gasteiger partial charge is 0.497 e. The standard InChI is InChI=1S/C19H23N3O4/c1-25-16-4-3-14(17(12-16)26-2)11-18(23)21-7-9-22(10-8-21)19(24)15-5-6-20-13-15/h3-6,12-13,20H,7-11H2,1-2H3. The molecule has 2 heterocycles. The van der Waals surface area contributed by atoms with E-state index in [1.165, 1.54) is 0 Å². The molecule has 1 aromatic carbocycles. The SMILES string of the molecule is COc1ccc(CC(=O)N2CCN(C(=O)c3cc[nH]c3)CC2)c(OC)c1. The number of carbonyl (C=O) groups excluding carboxylic acids is 2. The Bertz CT molecular complexity index is 765. The van der Waals surface area contributed by atoms with Crippen LogP contribution in [-0.2, 0) is 11.2 Å². The minimum Gasteiger partial charge on any atom is -0.497 e. The van der Waals surface area contributed by atoms with Crippen molar-refractivity contribution >= 4 is 11.8 Å². The summed E-state index contributed by atoms with van der Waals surface area (Å²) < 4.78 is 10.5. The van der Waals surface area contributed by atoms with Gasteiger partial charge in [-0.3, -0.25) is 9.59 Å². The van der Waals surface area contributed by atoms with Crippen molar-refractivity contribution in [3.63, 3.8) is 0 Å². The topological polar surface area (TPSA) is 74.9 Å². The lowest BCUT2D eigenvalue weighted by Gasteiger charge is -2.34. The molecule has 0 spiro atoms. The minimum absolute atomic E-state index is 0.00447. The number of H-pyrrole nitrogens is 1. The Balaban J connectivity index is 1.58. The van der Waals surface area contributed by atoms with Crippen molar-refractivity contribution in [1.29, 1.82) is 0 Å². The third-order valence-electron chi connectivity index (χ3n) is 4.60. The number of aromatic amines is 1. The maximum Gasteiger partial charge on any atom is 0.255 e. The van der Waals surface area contributed by atoms with E-state index in [1.807, 2.05) is 12.1 Å². The summed E-state index contributed by atoms with van der Waals surface area (Å²) in [4.78, 5) is 31.4. The number of hydrogen-bond donors (Lipinski definition) is 1. The molecule has 1 fully saturated rings. The van der Waals surface area contributed by atoms with Gasteiger partial charge in [0.2, 0.25) is 5.91 Å². The Hall–Kier alpha value is -2.96. The van der Waals surface area contributed by atoms with Crippen molar-refractivity contribution in [2.24, 2.45) is 0 Å². The predicted octanol–water partition coefficient (Wildman–Crippen LogP) is 1.56. The van der Waals surface area contributed by atoms with Crippen LogP contribution in [0.3, 0.4) is 0 Å². The van der Waals surface area contributed by atoms with Gasteiger partial charge in [0.05, 0.1) is 26.2 Å². The van der Waals surface area contributed by atoms with Crippen molar-refractivity contribution in [2.45, 2.75) is 6.42 Å². The third kappa shape index (κ3) is 3.82. The van der Waals surface area contributed by atoms with Crippen LogP contribution in [0.25, 0.3) is 0 Å². The van der Waals surface area contributed by atoms with Gasteiger partial charge in [0.15, 0.2) is 0 Å². The smallest absolute Gasteiger partial charge is 0.255 e. The first kappa shape index (κ1) is 17.8.